The molecule has 0 spiro atoms. The lowest BCUT2D eigenvalue weighted by Crippen LogP contribution is -2.50. The number of amides is 1. The minimum Gasteiger partial charge on any atom is -0.475 e. The average molecular weight is 618 g/mol. The molecular formula is C34H39N3O6S. The second-order valence-corrected chi connectivity index (χ2v) is 13.0. The molecule has 10 heteroatoms. The summed E-state index contributed by atoms with van der Waals surface area (Å²) in [6.07, 6.45) is 2.12. The van der Waals surface area contributed by atoms with E-state index < -0.39 is 16.0 Å². The lowest BCUT2D eigenvalue weighted by Gasteiger charge is -2.39. The first kappa shape index (κ1) is 31.1. The Bertz CT molecular complexity index is 1740. The van der Waals surface area contributed by atoms with Crippen LogP contribution in [0.15, 0.2) is 82.1 Å². The summed E-state index contributed by atoms with van der Waals surface area (Å²) in [5, 5.41) is 9.96. The van der Waals surface area contributed by atoms with E-state index in [2.05, 4.69) is 4.90 Å². The fourth-order valence-corrected chi connectivity index (χ4v) is 7.45. The summed E-state index contributed by atoms with van der Waals surface area (Å²) < 4.78 is 35.9. The zero-order chi connectivity index (χ0) is 31.4. The number of benzene rings is 3. The van der Waals surface area contributed by atoms with E-state index >= 15 is 0 Å². The third-order valence-electron chi connectivity index (χ3n) is 8.55. The Morgan fingerprint density at radius 2 is 1.59 bits per heavy atom. The Hall–Kier alpha value is -4.31. The van der Waals surface area contributed by atoms with E-state index in [1.807, 2.05) is 73.3 Å². The first-order valence-electron chi connectivity index (χ1n) is 15.1. The maximum Gasteiger partial charge on any atom is 0.372 e. The van der Waals surface area contributed by atoms with E-state index in [1.165, 1.54) is 22.5 Å². The van der Waals surface area contributed by atoms with E-state index in [-0.39, 0.29) is 29.0 Å². The minimum atomic E-state index is -4.09. The molecule has 1 fully saturated rings. The van der Waals surface area contributed by atoms with Gasteiger partial charge >= 0.3 is 5.97 Å². The van der Waals surface area contributed by atoms with Crippen LogP contribution in [0.5, 0.6) is 0 Å². The predicted octanol–water partition coefficient (Wildman–Crippen LogP) is 5.96. The fraction of sp³-hybridized carbons (Fsp3) is 0.353. The molecule has 44 heavy (non-hydrogen) atoms. The predicted molar refractivity (Wildman–Crippen MR) is 172 cm³/mol. The fourth-order valence-electron chi connectivity index (χ4n) is 5.94. The second-order valence-electron chi connectivity index (χ2n) is 11.1. The molecule has 2 heterocycles. The van der Waals surface area contributed by atoms with Gasteiger partial charge in [-0.1, -0.05) is 56.3 Å². The molecule has 0 saturated carbocycles. The molecule has 1 saturated heterocycles. The number of para-hydroxylation sites is 2. The van der Waals surface area contributed by atoms with E-state index in [4.69, 9.17) is 4.42 Å². The number of anilines is 2. The molecule has 0 atom stereocenters. The molecule has 1 amide bonds. The molecule has 0 radical (unpaired) electrons. The van der Waals surface area contributed by atoms with Crippen LogP contribution in [0.3, 0.4) is 0 Å². The van der Waals surface area contributed by atoms with Gasteiger partial charge in [-0.15, -0.1) is 0 Å². The Balaban J connectivity index is 1.51. The molecule has 0 unspecified atom stereocenters. The monoisotopic (exact) mass is 617 g/mol. The number of carboxylic acids is 1. The number of hydrogen-bond acceptors (Lipinski definition) is 6. The number of piperazine rings is 1. The van der Waals surface area contributed by atoms with Gasteiger partial charge in [0.25, 0.3) is 10.0 Å². The van der Waals surface area contributed by atoms with E-state index in [0.29, 0.717) is 54.8 Å². The van der Waals surface area contributed by atoms with Crippen molar-refractivity contribution in [2.75, 3.05) is 41.9 Å². The maximum absolute atomic E-state index is 14.5. The number of aryl methyl sites for hydroxylation is 1. The quantitative estimate of drug-likeness (QED) is 0.221. The molecule has 232 valence electrons. The van der Waals surface area contributed by atoms with Crippen molar-refractivity contribution in [3.05, 3.63) is 89.7 Å². The van der Waals surface area contributed by atoms with Gasteiger partial charge in [0.1, 0.15) is 5.58 Å². The number of sulfonamides is 1. The zero-order valence-corrected chi connectivity index (χ0v) is 26.2. The Kier molecular flexibility index (Phi) is 9.29. The third-order valence-corrected chi connectivity index (χ3v) is 10.4. The first-order valence-corrected chi connectivity index (χ1v) is 16.6. The van der Waals surface area contributed by atoms with Crippen LogP contribution in [0.4, 0.5) is 11.4 Å². The van der Waals surface area contributed by atoms with Crippen molar-refractivity contribution in [1.29, 1.82) is 0 Å². The van der Waals surface area contributed by atoms with Crippen LogP contribution in [-0.2, 0) is 21.2 Å². The Labute approximate surface area is 258 Å². The molecule has 4 aromatic rings. The Morgan fingerprint density at radius 3 is 2.25 bits per heavy atom. The molecule has 1 N–H and O–H groups in total. The normalized spacial score (nSPS) is 13.9. The zero-order valence-electron chi connectivity index (χ0n) is 25.4. The lowest BCUT2D eigenvalue weighted by atomic mass is 10.0. The maximum atomic E-state index is 14.5. The summed E-state index contributed by atoms with van der Waals surface area (Å²) in [6.45, 7) is 8.22. The molecular weight excluding hydrogens is 578 g/mol. The molecule has 3 aromatic carbocycles. The van der Waals surface area contributed by atoms with Gasteiger partial charge in [0.05, 0.1) is 16.3 Å². The van der Waals surface area contributed by atoms with Crippen molar-refractivity contribution >= 4 is 44.2 Å². The number of carbonyl (C=O) groups excluding carboxylic acids is 1. The minimum absolute atomic E-state index is 0.0234. The molecule has 9 nitrogen and oxygen atoms in total. The van der Waals surface area contributed by atoms with Gasteiger partial charge < -0.3 is 19.3 Å². The van der Waals surface area contributed by atoms with E-state index in [9.17, 15) is 23.1 Å². The second kappa shape index (κ2) is 13.1. The van der Waals surface area contributed by atoms with Gasteiger partial charge in [0, 0.05) is 49.6 Å². The summed E-state index contributed by atoms with van der Waals surface area (Å²) in [6, 6.07) is 21.7. The van der Waals surface area contributed by atoms with E-state index in [0.717, 1.165) is 24.1 Å². The van der Waals surface area contributed by atoms with Gasteiger partial charge in [-0.05, 0) is 62.1 Å². The van der Waals surface area contributed by atoms with Crippen molar-refractivity contribution in [1.82, 2.24) is 4.90 Å². The van der Waals surface area contributed by atoms with Gasteiger partial charge in [0.2, 0.25) is 11.7 Å². The lowest BCUT2D eigenvalue weighted by molar-refractivity contribution is -0.136. The van der Waals surface area contributed by atoms with Crippen LogP contribution in [0.25, 0.3) is 11.0 Å². The molecule has 1 aromatic heterocycles. The van der Waals surface area contributed by atoms with Crippen LogP contribution >= 0.6 is 0 Å². The highest BCUT2D eigenvalue weighted by atomic mass is 32.2. The SMILES string of the molecule is CCC(CC)C(=O)N1CCN(c2ccccc2N(CCc2ccccc2)S(=O)(=O)c2ccc3oc(C(=O)O)c(C)c3c2)CC1. The van der Waals surface area contributed by atoms with Crippen molar-refractivity contribution in [3.63, 3.8) is 0 Å². The smallest absolute Gasteiger partial charge is 0.372 e. The summed E-state index contributed by atoms with van der Waals surface area (Å²) in [7, 11) is -4.09. The Morgan fingerprint density at radius 1 is 0.932 bits per heavy atom. The molecule has 0 aliphatic carbocycles. The van der Waals surface area contributed by atoms with Crippen molar-refractivity contribution in [3.8, 4) is 0 Å². The first-order chi connectivity index (χ1) is 21.1. The average Bonchev–Trinajstić information content (AvgIpc) is 3.38. The van der Waals surface area contributed by atoms with Gasteiger partial charge in [0.15, 0.2) is 0 Å². The standard InChI is InChI=1S/C34H39N3O6S/c1-4-26(5-2)33(38)36-21-19-35(20-22-36)29-13-9-10-14-30(29)37(18-17-25-11-7-6-8-12-25)44(41,42)27-15-16-31-28(23-27)24(3)32(43-31)34(39)40/h6-16,23,26H,4-5,17-22H2,1-3H3,(H,39,40). The highest BCUT2D eigenvalue weighted by Crippen LogP contribution is 2.36. The highest BCUT2D eigenvalue weighted by Gasteiger charge is 2.31. The van der Waals surface area contributed by atoms with Crippen molar-refractivity contribution < 1.29 is 27.5 Å². The number of nitrogens with zero attached hydrogens (tertiary/aromatic N) is 3. The van der Waals surface area contributed by atoms with Crippen LogP contribution in [-0.4, -0.2) is 63.0 Å². The van der Waals surface area contributed by atoms with Crippen LogP contribution < -0.4 is 9.21 Å². The third kappa shape index (κ3) is 6.17. The van der Waals surface area contributed by atoms with E-state index in [1.54, 1.807) is 6.92 Å². The number of furan rings is 1. The highest BCUT2D eigenvalue weighted by molar-refractivity contribution is 7.92. The largest absolute Gasteiger partial charge is 0.475 e. The van der Waals surface area contributed by atoms with Gasteiger partial charge in [-0.2, -0.15) is 0 Å². The van der Waals surface area contributed by atoms with Crippen molar-refractivity contribution in [2.24, 2.45) is 5.92 Å². The molecule has 5 rings (SSSR count). The number of rotatable bonds is 11. The van der Waals surface area contributed by atoms with Crippen molar-refractivity contribution in [2.45, 2.75) is 44.9 Å². The van der Waals surface area contributed by atoms with Crippen LogP contribution in [0.2, 0.25) is 0 Å². The summed E-state index contributed by atoms with van der Waals surface area (Å²) in [5.74, 6) is -1.20. The summed E-state index contributed by atoms with van der Waals surface area (Å²) in [5.41, 5.74) is 3.04. The molecule has 1 aliphatic rings. The number of aromatic carboxylic acids is 1. The van der Waals surface area contributed by atoms with Gasteiger partial charge in [-0.3, -0.25) is 9.10 Å². The van der Waals surface area contributed by atoms with Crippen LogP contribution in [0, 0.1) is 12.8 Å². The molecule has 0 bridgehead atoms. The van der Waals surface area contributed by atoms with Gasteiger partial charge in [-0.25, -0.2) is 13.2 Å². The van der Waals surface area contributed by atoms with Crippen LogP contribution in [0.1, 0.15) is 48.4 Å². The number of fused-ring (bicyclic) bond motifs is 1. The number of carbonyl (C=O) groups is 2. The molecule has 1 aliphatic heterocycles. The summed E-state index contributed by atoms with van der Waals surface area (Å²) in [4.78, 5) is 28.8. The number of hydrogen-bond donors (Lipinski definition) is 1. The number of carboxylic acid groups (broad SMARTS) is 1. The summed E-state index contributed by atoms with van der Waals surface area (Å²) >= 11 is 0. The topological polar surface area (TPSA) is 111 Å².